The molecule has 0 spiro atoms. The normalized spacial score (nSPS) is 11.9. The van der Waals surface area contributed by atoms with Gasteiger partial charge < -0.3 is 15.5 Å². The van der Waals surface area contributed by atoms with Crippen molar-refractivity contribution in [3.05, 3.63) is 11.4 Å². The molecule has 0 amide bonds. The Balaban J connectivity index is 2.90. The van der Waals surface area contributed by atoms with Crippen LogP contribution in [0.2, 0.25) is 0 Å². The van der Waals surface area contributed by atoms with Crippen LogP contribution in [0.25, 0.3) is 0 Å². The molecule has 0 fully saturated rings. The van der Waals surface area contributed by atoms with Crippen LogP contribution >= 0.6 is 0 Å². The van der Waals surface area contributed by atoms with E-state index in [1.54, 1.807) is 0 Å². The zero-order valence-electron chi connectivity index (χ0n) is 10.8. The molecule has 0 saturated carbocycles. The molecule has 3 N–H and O–H groups in total. The van der Waals surface area contributed by atoms with Gasteiger partial charge in [0.05, 0.1) is 17.8 Å². The van der Waals surface area contributed by atoms with Gasteiger partial charge in [-0.3, -0.25) is 4.79 Å². The fourth-order valence-electron chi connectivity index (χ4n) is 1.53. The summed E-state index contributed by atoms with van der Waals surface area (Å²) in [5.41, 5.74) is 1.47. The molecule has 0 aliphatic carbocycles. The number of carbonyl (C=O) groups is 2. The predicted molar refractivity (Wildman–Crippen MR) is 65.9 cm³/mol. The number of aliphatic carboxylic acids is 2. The molecular weight excluding hydrogens is 252 g/mol. The first-order valence-corrected chi connectivity index (χ1v) is 5.91. The number of carboxylic acid groups (broad SMARTS) is 2. The number of nitrogens with zero attached hydrogens (tertiary/aromatic N) is 3. The van der Waals surface area contributed by atoms with Gasteiger partial charge in [0.2, 0.25) is 5.95 Å². The van der Waals surface area contributed by atoms with E-state index in [1.165, 1.54) is 0 Å². The first kappa shape index (κ1) is 14.8. The summed E-state index contributed by atoms with van der Waals surface area (Å²) >= 11 is 0. The van der Waals surface area contributed by atoms with Crippen LogP contribution in [0.15, 0.2) is 0 Å². The molecule has 0 saturated heterocycles. The van der Waals surface area contributed by atoms with E-state index in [1.807, 2.05) is 13.8 Å². The Morgan fingerprint density at radius 2 is 1.79 bits per heavy atom. The molecule has 1 heterocycles. The smallest absolute Gasteiger partial charge is 0.326 e. The van der Waals surface area contributed by atoms with Crippen molar-refractivity contribution in [1.29, 1.82) is 0 Å². The average molecular weight is 268 g/mol. The number of rotatable bonds is 7. The number of aromatic nitrogens is 3. The predicted octanol–water partition coefficient (Wildman–Crippen LogP) is 0.336. The van der Waals surface area contributed by atoms with Gasteiger partial charge in [0, 0.05) is 0 Å². The summed E-state index contributed by atoms with van der Waals surface area (Å²) < 4.78 is 0. The van der Waals surface area contributed by atoms with E-state index >= 15 is 0 Å². The summed E-state index contributed by atoms with van der Waals surface area (Å²) in [6, 6.07) is -1.28. The Hall–Kier alpha value is -2.25. The molecular formula is C11H16N4O4. The fraction of sp³-hybridized carbons (Fsp3) is 0.545. The van der Waals surface area contributed by atoms with Crippen LogP contribution in [-0.4, -0.2) is 43.4 Å². The van der Waals surface area contributed by atoms with Gasteiger partial charge in [-0.05, 0) is 12.8 Å². The van der Waals surface area contributed by atoms with Crippen molar-refractivity contribution < 1.29 is 19.8 Å². The third kappa shape index (κ3) is 4.16. The molecule has 1 unspecified atom stereocenters. The van der Waals surface area contributed by atoms with Crippen molar-refractivity contribution in [3.8, 4) is 0 Å². The van der Waals surface area contributed by atoms with Crippen LogP contribution in [0.3, 0.4) is 0 Å². The summed E-state index contributed by atoms with van der Waals surface area (Å²) in [6.07, 6.45) is 0.765. The van der Waals surface area contributed by atoms with Crippen LogP contribution in [-0.2, 0) is 22.4 Å². The lowest BCUT2D eigenvalue weighted by atomic mass is 10.2. The van der Waals surface area contributed by atoms with E-state index in [4.69, 9.17) is 10.2 Å². The molecule has 1 rings (SSSR count). The van der Waals surface area contributed by atoms with Crippen molar-refractivity contribution >= 4 is 17.9 Å². The van der Waals surface area contributed by atoms with Crippen molar-refractivity contribution in [2.24, 2.45) is 0 Å². The first-order valence-electron chi connectivity index (χ1n) is 5.91. The van der Waals surface area contributed by atoms with E-state index in [0.29, 0.717) is 12.8 Å². The number of nitrogens with one attached hydrogen (secondary N) is 1. The third-order valence-electron chi connectivity index (χ3n) is 2.49. The van der Waals surface area contributed by atoms with Gasteiger partial charge in [-0.25, -0.2) is 9.78 Å². The third-order valence-corrected chi connectivity index (χ3v) is 2.49. The second-order valence-electron chi connectivity index (χ2n) is 3.87. The lowest BCUT2D eigenvalue weighted by Crippen LogP contribution is -2.32. The summed E-state index contributed by atoms with van der Waals surface area (Å²) in [5.74, 6) is -2.46. The Morgan fingerprint density at radius 1 is 1.16 bits per heavy atom. The standard InChI is InChI=1S/C11H16N4O4/c1-3-6-7(4-2)14-15-11(12-6)13-8(10(18)19)5-9(16)17/h8H,3-5H2,1-2H3,(H,16,17)(H,18,19)(H,12,13,15). The maximum atomic E-state index is 10.9. The molecule has 0 aliphatic rings. The zero-order valence-corrected chi connectivity index (χ0v) is 10.8. The quantitative estimate of drug-likeness (QED) is 0.646. The van der Waals surface area contributed by atoms with Gasteiger partial charge in [0.1, 0.15) is 6.04 Å². The molecule has 0 aromatic carbocycles. The van der Waals surface area contributed by atoms with Crippen LogP contribution in [0.4, 0.5) is 5.95 Å². The minimum Gasteiger partial charge on any atom is -0.481 e. The molecule has 104 valence electrons. The molecule has 1 aromatic heterocycles. The van der Waals surface area contributed by atoms with Gasteiger partial charge >= 0.3 is 11.9 Å². The van der Waals surface area contributed by atoms with Crippen LogP contribution in [0.1, 0.15) is 31.7 Å². The second-order valence-corrected chi connectivity index (χ2v) is 3.87. The van der Waals surface area contributed by atoms with Gasteiger partial charge in [0.15, 0.2) is 0 Å². The minimum atomic E-state index is -1.28. The molecule has 8 heteroatoms. The van der Waals surface area contributed by atoms with Gasteiger partial charge in [-0.2, -0.15) is 5.10 Å². The van der Waals surface area contributed by atoms with E-state index < -0.39 is 24.4 Å². The van der Waals surface area contributed by atoms with Crippen molar-refractivity contribution in [2.45, 2.75) is 39.2 Å². The number of anilines is 1. The van der Waals surface area contributed by atoms with E-state index in [0.717, 1.165) is 11.4 Å². The second kappa shape index (κ2) is 6.62. The van der Waals surface area contributed by atoms with Crippen LogP contribution < -0.4 is 5.32 Å². The Labute approximate surface area is 109 Å². The first-order chi connectivity index (χ1) is 8.97. The van der Waals surface area contributed by atoms with E-state index in [2.05, 4.69) is 20.5 Å². The Morgan fingerprint density at radius 3 is 2.26 bits per heavy atom. The minimum absolute atomic E-state index is 0.0303. The lowest BCUT2D eigenvalue weighted by molar-refractivity contribution is -0.144. The zero-order chi connectivity index (χ0) is 14.4. The summed E-state index contributed by atoms with van der Waals surface area (Å²) in [4.78, 5) is 25.6. The van der Waals surface area contributed by atoms with Crippen LogP contribution in [0.5, 0.6) is 0 Å². The Bertz CT molecular complexity index is 478. The molecule has 1 aromatic rings. The van der Waals surface area contributed by atoms with Gasteiger partial charge in [-0.15, -0.1) is 5.10 Å². The number of hydrogen-bond donors (Lipinski definition) is 3. The summed E-state index contributed by atoms with van der Waals surface area (Å²) in [7, 11) is 0. The highest BCUT2D eigenvalue weighted by Gasteiger charge is 2.22. The molecule has 19 heavy (non-hydrogen) atoms. The highest BCUT2D eigenvalue weighted by molar-refractivity contribution is 5.82. The highest BCUT2D eigenvalue weighted by Crippen LogP contribution is 2.09. The monoisotopic (exact) mass is 268 g/mol. The van der Waals surface area contributed by atoms with Gasteiger partial charge in [0.25, 0.3) is 0 Å². The van der Waals surface area contributed by atoms with Crippen molar-refractivity contribution in [3.63, 3.8) is 0 Å². The van der Waals surface area contributed by atoms with Crippen LogP contribution in [0, 0.1) is 0 Å². The number of aryl methyl sites for hydroxylation is 2. The molecule has 0 bridgehead atoms. The fourth-order valence-corrected chi connectivity index (χ4v) is 1.53. The van der Waals surface area contributed by atoms with E-state index in [9.17, 15) is 9.59 Å². The van der Waals surface area contributed by atoms with Crippen molar-refractivity contribution in [2.75, 3.05) is 5.32 Å². The molecule has 1 atom stereocenters. The SMILES string of the molecule is CCc1nnc(NC(CC(=O)O)C(=O)O)nc1CC. The number of hydrogen-bond acceptors (Lipinski definition) is 6. The largest absolute Gasteiger partial charge is 0.481 e. The topological polar surface area (TPSA) is 125 Å². The summed E-state index contributed by atoms with van der Waals surface area (Å²) in [5, 5.41) is 27.7. The number of carboxylic acids is 2. The average Bonchev–Trinajstić information content (AvgIpc) is 2.37. The van der Waals surface area contributed by atoms with Gasteiger partial charge in [-0.1, -0.05) is 13.8 Å². The summed E-state index contributed by atoms with van der Waals surface area (Å²) in [6.45, 7) is 3.82. The lowest BCUT2D eigenvalue weighted by Gasteiger charge is -2.13. The molecule has 0 aliphatic heterocycles. The Kier molecular flexibility index (Phi) is 5.16. The maximum absolute atomic E-state index is 10.9. The maximum Gasteiger partial charge on any atom is 0.326 e. The molecule has 8 nitrogen and oxygen atoms in total. The highest BCUT2D eigenvalue weighted by atomic mass is 16.4. The molecule has 0 radical (unpaired) electrons. The van der Waals surface area contributed by atoms with E-state index in [-0.39, 0.29) is 5.95 Å². The van der Waals surface area contributed by atoms with Crippen molar-refractivity contribution in [1.82, 2.24) is 15.2 Å².